The molecule has 10 heteroatoms. The van der Waals surface area contributed by atoms with Gasteiger partial charge < -0.3 is 19.6 Å². The van der Waals surface area contributed by atoms with Crippen molar-refractivity contribution in [2.24, 2.45) is 0 Å². The second-order valence-corrected chi connectivity index (χ2v) is 8.03. The maximum atomic E-state index is 12.7. The first kappa shape index (κ1) is 22.3. The number of piperazine rings is 2. The number of amides is 1. The van der Waals surface area contributed by atoms with Crippen molar-refractivity contribution in [1.82, 2.24) is 20.0 Å². The van der Waals surface area contributed by atoms with Gasteiger partial charge in [0.1, 0.15) is 0 Å². The van der Waals surface area contributed by atoms with Crippen molar-refractivity contribution in [3.8, 4) is 0 Å². The SMILES string of the molecule is CCN1CCN(c2ccc(N3CCN(C(=O)c4ccc(C(F)(F)F)cc4)CC3)nn2)CC1. The Bertz CT molecular complexity index is 903. The van der Waals surface area contributed by atoms with E-state index in [0.29, 0.717) is 26.2 Å². The molecule has 0 aliphatic carbocycles. The van der Waals surface area contributed by atoms with Gasteiger partial charge in [-0.25, -0.2) is 0 Å². The van der Waals surface area contributed by atoms with Gasteiger partial charge in [-0.1, -0.05) is 6.92 Å². The van der Waals surface area contributed by atoms with Crippen LogP contribution in [-0.2, 0) is 6.18 Å². The Labute approximate surface area is 185 Å². The summed E-state index contributed by atoms with van der Waals surface area (Å²) in [6.07, 6.45) is -4.41. The fraction of sp³-hybridized carbons (Fsp3) is 0.500. The summed E-state index contributed by atoms with van der Waals surface area (Å²) in [6, 6.07) is 8.32. The standard InChI is InChI=1S/C22H27F3N6O/c1-2-28-9-11-29(12-10-28)19-7-8-20(27-26-19)30-13-15-31(16-14-30)21(32)17-3-5-18(6-4-17)22(23,24)25/h3-8H,2,9-16H2,1H3. The molecule has 1 aromatic carbocycles. The molecule has 2 saturated heterocycles. The summed E-state index contributed by atoms with van der Waals surface area (Å²) in [5.41, 5.74) is -0.494. The molecule has 0 bridgehead atoms. The van der Waals surface area contributed by atoms with E-state index in [9.17, 15) is 18.0 Å². The molecule has 2 aliphatic heterocycles. The normalized spacial score (nSPS) is 18.2. The van der Waals surface area contributed by atoms with Crippen LogP contribution in [0.4, 0.5) is 24.8 Å². The average molecular weight is 448 g/mol. The second-order valence-electron chi connectivity index (χ2n) is 8.03. The Morgan fingerprint density at radius 1 is 0.812 bits per heavy atom. The summed E-state index contributed by atoms with van der Waals surface area (Å²) < 4.78 is 38.2. The molecule has 172 valence electrons. The molecular weight excluding hydrogens is 421 g/mol. The van der Waals surface area contributed by atoms with Gasteiger partial charge in [0.15, 0.2) is 11.6 Å². The molecule has 1 aromatic heterocycles. The van der Waals surface area contributed by atoms with Crippen LogP contribution in [0.25, 0.3) is 0 Å². The lowest BCUT2D eigenvalue weighted by Crippen LogP contribution is -2.49. The first-order valence-electron chi connectivity index (χ1n) is 10.9. The van der Waals surface area contributed by atoms with E-state index < -0.39 is 11.7 Å². The second kappa shape index (κ2) is 9.32. The lowest BCUT2D eigenvalue weighted by Gasteiger charge is -2.36. The molecule has 0 N–H and O–H groups in total. The Morgan fingerprint density at radius 3 is 1.75 bits per heavy atom. The maximum absolute atomic E-state index is 12.7. The molecule has 0 atom stereocenters. The Kier molecular flexibility index (Phi) is 6.50. The van der Waals surface area contributed by atoms with E-state index >= 15 is 0 Å². The smallest absolute Gasteiger partial charge is 0.353 e. The van der Waals surface area contributed by atoms with E-state index in [1.165, 1.54) is 12.1 Å². The van der Waals surface area contributed by atoms with Gasteiger partial charge in [-0.05, 0) is 42.9 Å². The van der Waals surface area contributed by atoms with Gasteiger partial charge in [0, 0.05) is 57.9 Å². The topological polar surface area (TPSA) is 55.8 Å². The number of hydrogen-bond acceptors (Lipinski definition) is 6. The molecule has 1 amide bonds. The minimum atomic E-state index is -4.41. The van der Waals surface area contributed by atoms with Gasteiger partial charge in [0.2, 0.25) is 0 Å². The number of carbonyl (C=O) groups is 1. The summed E-state index contributed by atoms with van der Waals surface area (Å²) in [4.78, 5) is 21.0. The number of alkyl halides is 3. The van der Waals surface area contributed by atoms with E-state index in [1.54, 1.807) is 4.90 Å². The van der Waals surface area contributed by atoms with Crippen LogP contribution in [-0.4, -0.2) is 84.8 Å². The third kappa shape index (κ3) is 4.95. The van der Waals surface area contributed by atoms with Gasteiger partial charge in [-0.2, -0.15) is 13.2 Å². The minimum absolute atomic E-state index is 0.258. The Hall–Kier alpha value is -2.88. The number of aromatic nitrogens is 2. The minimum Gasteiger partial charge on any atom is -0.353 e. The molecular formula is C22H27F3N6O. The van der Waals surface area contributed by atoms with Crippen molar-refractivity contribution >= 4 is 17.5 Å². The number of carbonyl (C=O) groups excluding carboxylic acids is 1. The molecule has 0 radical (unpaired) electrons. The fourth-order valence-electron chi connectivity index (χ4n) is 4.07. The number of likely N-dealkylation sites (N-methyl/N-ethyl adjacent to an activating group) is 1. The van der Waals surface area contributed by atoms with Crippen LogP contribution in [0.5, 0.6) is 0 Å². The number of halogens is 3. The molecule has 0 saturated carbocycles. The van der Waals surface area contributed by atoms with Gasteiger partial charge in [0.05, 0.1) is 5.56 Å². The quantitative estimate of drug-likeness (QED) is 0.717. The van der Waals surface area contributed by atoms with E-state index in [0.717, 1.165) is 56.5 Å². The van der Waals surface area contributed by atoms with Crippen molar-refractivity contribution in [1.29, 1.82) is 0 Å². The van der Waals surface area contributed by atoms with Crippen molar-refractivity contribution in [2.45, 2.75) is 13.1 Å². The molecule has 2 aliphatic rings. The number of hydrogen-bond donors (Lipinski definition) is 0. The number of rotatable bonds is 4. The lowest BCUT2D eigenvalue weighted by molar-refractivity contribution is -0.137. The predicted molar refractivity (Wildman–Crippen MR) is 116 cm³/mol. The first-order valence-corrected chi connectivity index (χ1v) is 10.9. The van der Waals surface area contributed by atoms with Crippen LogP contribution in [0.3, 0.4) is 0 Å². The predicted octanol–water partition coefficient (Wildman–Crippen LogP) is 2.60. The third-order valence-electron chi connectivity index (χ3n) is 6.13. The number of nitrogens with zero attached hydrogens (tertiary/aromatic N) is 6. The van der Waals surface area contributed by atoms with E-state index in [1.807, 2.05) is 12.1 Å². The zero-order valence-electron chi connectivity index (χ0n) is 18.1. The van der Waals surface area contributed by atoms with Gasteiger partial charge in [-0.3, -0.25) is 4.79 Å². The third-order valence-corrected chi connectivity index (χ3v) is 6.13. The van der Waals surface area contributed by atoms with Crippen molar-refractivity contribution in [3.05, 3.63) is 47.5 Å². The van der Waals surface area contributed by atoms with E-state index in [-0.39, 0.29) is 11.5 Å². The van der Waals surface area contributed by atoms with E-state index in [2.05, 4.69) is 31.8 Å². The van der Waals surface area contributed by atoms with Gasteiger partial charge >= 0.3 is 6.18 Å². The summed E-state index contributed by atoms with van der Waals surface area (Å²) >= 11 is 0. The molecule has 7 nitrogen and oxygen atoms in total. The highest BCUT2D eigenvalue weighted by atomic mass is 19.4. The Morgan fingerprint density at radius 2 is 1.31 bits per heavy atom. The highest BCUT2D eigenvalue weighted by molar-refractivity contribution is 5.94. The fourth-order valence-corrected chi connectivity index (χ4v) is 4.07. The maximum Gasteiger partial charge on any atom is 0.416 e. The van der Waals surface area contributed by atoms with Crippen molar-refractivity contribution in [3.63, 3.8) is 0 Å². The molecule has 0 unspecified atom stereocenters. The highest BCUT2D eigenvalue weighted by Crippen LogP contribution is 2.29. The largest absolute Gasteiger partial charge is 0.416 e. The van der Waals surface area contributed by atoms with Crippen molar-refractivity contribution < 1.29 is 18.0 Å². The van der Waals surface area contributed by atoms with Crippen molar-refractivity contribution in [2.75, 3.05) is 68.7 Å². The number of benzene rings is 1. The Balaban J connectivity index is 1.31. The van der Waals surface area contributed by atoms with E-state index in [4.69, 9.17) is 0 Å². The average Bonchev–Trinajstić information content (AvgIpc) is 2.83. The molecule has 0 spiro atoms. The van der Waals surface area contributed by atoms with Crippen LogP contribution in [0.15, 0.2) is 36.4 Å². The monoisotopic (exact) mass is 448 g/mol. The molecule has 2 aromatic rings. The van der Waals surface area contributed by atoms with Gasteiger partial charge in [0.25, 0.3) is 5.91 Å². The lowest BCUT2D eigenvalue weighted by atomic mass is 10.1. The number of anilines is 2. The summed E-state index contributed by atoms with van der Waals surface area (Å²) in [5.74, 6) is 1.38. The first-order chi connectivity index (χ1) is 15.3. The van der Waals surface area contributed by atoms with Gasteiger partial charge in [-0.15, -0.1) is 10.2 Å². The van der Waals surface area contributed by atoms with Crippen LogP contribution in [0, 0.1) is 0 Å². The van der Waals surface area contributed by atoms with Crippen LogP contribution in [0.1, 0.15) is 22.8 Å². The van der Waals surface area contributed by atoms with Crippen LogP contribution < -0.4 is 9.80 Å². The summed E-state index contributed by atoms with van der Waals surface area (Å²) in [6.45, 7) is 9.28. The van der Waals surface area contributed by atoms with Crippen LogP contribution in [0.2, 0.25) is 0 Å². The zero-order chi connectivity index (χ0) is 22.7. The summed E-state index contributed by atoms with van der Waals surface area (Å²) in [5, 5.41) is 8.79. The molecule has 4 rings (SSSR count). The molecule has 32 heavy (non-hydrogen) atoms. The van der Waals surface area contributed by atoms with Crippen LogP contribution >= 0.6 is 0 Å². The zero-order valence-corrected chi connectivity index (χ0v) is 18.1. The summed E-state index contributed by atoms with van der Waals surface area (Å²) in [7, 11) is 0. The molecule has 2 fully saturated rings. The molecule has 3 heterocycles. The highest BCUT2D eigenvalue weighted by Gasteiger charge is 2.31.